The van der Waals surface area contributed by atoms with Crippen LogP contribution in [-0.2, 0) is 9.47 Å². The molecule has 0 aliphatic rings. The van der Waals surface area contributed by atoms with E-state index in [1.165, 1.54) is 12.4 Å². The highest BCUT2D eigenvalue weighted by Crippen LogP contribution is 2.11. The number of rotatable bonds is 1. The average molecular weight is 325 g/mol. The Labute approximate surface area is 135 Å². The van der Waals surface area contributed by atoms with E-state index < -0.39 is 29.3 Å². The normalized spacial score (nSPS) is 12.7. The molecule has 0 spiro atoms. The molecule has 0 bridgehead atoms. The number of carbonyl (C=O) groups is 2. The second-order valence-electron chi connectivity index (χ2n) is 6.67. The van der Waals surface area contributed by atoms with E-state index in [4.69, 9.17) is 15.2 Å². The molecule has 9 heteroatoms. The van der Waals surface area contributed by atoms with Gasteiger partial charge in [0.25, 0.3) is 0 Å². The van der Waals surface area contributed by atoms with E-state index in [-0.39, 0.29) is 0 Å². The lowest BCUT2D eigenvalue weighted by Crippen LogP contribution is -2.52. The highest BCUT2D eigenvalue weighted by atomic mass is 16.6. The van der Waals surface area contributed by atoms with Gasteiger partial charge in [-0.1, -0.05) is 0 Å². The van der Waals surface area contributed by atoms with Crippen molar-refractivity contribution in [1.29, 1.82) is 0 Å². The van der Waals surface area contributed by atoms with Crippen LogP contribution >= 0.6 is 0 Å². The van der Waals surface area contributed by atoms with E-state index in [1.807, 2.05) is 0 Å². The van der Waals surface area contributed by atoms with Crippen LogP contribution in [0.2, 0.25) is 0 Å². The Balaban J connectivity index is 3.05. The zero-order valence-electron chi connectivity index (χ0n) is 14.2. The van der Waals surface area contributed by atoms with E-state index in [0.29, 0.717) is 0 Å². The summed E-state index contributed by atoms with van der Waals surface area (Å²) in [6.07, 6.45) is 1.15. The summed E-state index contributed by atoms with van der Waals surface area (Å²) in [7, 11) is 0. The molecular weight excluding hydrogens is 302 g/mol. The lowest BCUT2D eigenvalue weighted by Gasteiger charge is -2.26. The third-order valence-electron chi connectivity index (χ3n) is 2.08. The van der Waals surface area contributed by atoms with E-state index in [1.54, 1.807) is 47.6 Å². The molecule has 1 heterocycles. The zero-order chi connectivity index (χ0) is 17.8. The van der Waals surface area contributed by atoms with Crippen molar-refractivity contribution in [2.24, 2.45) is 10.7 Å². The molecule has 1 aromatic heterocycles. The Morgan fingerprint density at radius 2 is 1.70 bits per heavy atom. The quantitative estimate of drug-likeness (QED) is 0.624. The molecule has 0 radical (unpaired) electrons. The highest BCUT2D eigenvalue weighted by Gasteiger charge is 2.28. The van der Waals surface area contributed by atoms with Gasteiger partial charge in [-0.3, -0.25) is 0 Å². The highest BCUT2D eigenvalue weighted by molar-refractivity contribution is 6.09. The van der Waals surface area contributed by atoms with E-state index >= 15 is 0 Å². The fraction of sp³-hybridized carbons (Fsp3) is 0.571. The number of hydrogen-bond acceptors (Lipinski definition) is 5. The number of aliphatic imine (C=N–C) groups is 1. The largest absolute Gasteiger partial charge is 0.442 e. The molecule has 0 saturated heterocycles. The fourth-order valence-corrected chi connectivity index (χ4v) is 1.39. The van der Waals surface area contributed by atoms with Gasteiger partial charge in [-0.15, -0.1) is 10.0 Å². The molecular formula is C14H23N5O4. The van der Waals surface area contributed by atoms with Crippen LogP contribution in [0.3, 0.4) is 0 Å². The summed E-state index contributed by atoms with van der Waals surface area (Å²) in [6, 6.07) is 1.58. The lowest BCUT2D eigenvalue weighted by molar-refractivity contribution is 0.0564. The van der Waals surface area contributed by atoms with Crippen LogP contribution in [0.25, 0.3) is 0 Å². The van der Waals surface area contributed by atoms with Crippen molar-refractivity contribution in [2.45, 2.75) is 52.7 Å². The standard InChI is InChI=1S/C14H23N5O4/c1-13(2,3)22-11(20)17-10(15)19(18-9-7-8-16-18)12(21)23-14(4,5)6/h7-9H,1-6H3,(H2,15,17,20). The van der Waals surface area contributed by atoms with Crippen molar-refractivity contribution in [2.75, 3.05) is 5.01 Å². The predicted octanol–water partition coefficient (Wildman–Crippen LogP) is 2.01. The van der Waals surface area contributed by atoms with E-state index in [9.17, 15) is 9.59 Å². The molecule has 1 aromatic rings. The smallest absolute Gasteiger partial charge is 0.438 e. The SMILES string of the molecule is CC(C)(C)OC(=O)N=C(N)N(C(=O)OC(C)(C)C)n1cccn1. The Hall–Kier alpha value is -2.58. The van der Waals surface area contributed by atoms with Gasteiger partial charge in [0.1, 0.15) is 11.2 Å². The molecule has 0 atom stereocenters. The van der Waals surface area contributed by atoms with Crippen LogP contribution in [-0.4, -0.2) is 39.2 Å². The molecule has 0 aromatic carbocycles. The van der Waals surface area contributed by atoms with Crippen LogP contribution in [0.15, 0.2) is 23.5 Å². The van der Waals surface area contributed by atoms with Crippen LogP contribution in [0.5, 0.6) is 0 Å². The Bertz CT molecular complexity index is 581. The Morgan fingerprint density at radius 3 is 2.13 bits per heavy atom. The second kappa shape index (κ2) is 6.67. The first-order valence-electron chi connectivity index (χ1n) is 6.99. The Kier molecular flexibility index (Phi) is 5.36. The number of hydrogen-bond donors (Lipinski definition) is 1. The zero-order valence-corrected chi connectivity index (χ0v) is 14.2. The molecule has 9 nitrogen and oxygen atoms in total. The van der Waals surface area contributed by atoms with Gasteiger partial charge in [0.05, 0.1) is 6.20 Å². The van der Waals surface area contributed by atoms with Crippen molar-refractivity contribution in [1.82, 2.24) is 9.89 Å². The topological polar surface area (TPSA) is 112 Å². The summed E-state index contributed by atoms with van der Waals surface area (Å²) < 4.78 is 10.3. The molecule has 2 N–H and O–H groups in total. The predicted molar refractivity (Wildman–Crippen MR) is 84.5 cm³/mol. The summed E-state index contributed by atoms with van der Waals surface area (Å²) in [5.74, 6) is -0.419. The number of nitrogens with zero attached hydrogens (tertiary/aromatic N) is 4. The molecule has 0 unspecified atom stereocenters. The number of ether oxygens (including phenoxy) is 2. The molecule has 128 valence electrons. The third-order valence-corrected chi connectivity index (χ3v) is 2.08. The molecule has 0 saturated carbocycles. The summed E-state index contributed by atoms with van der Waals surface area (Å²) in [5.41, 5.74) is 4.27. The minimum atomic E-state index is -0.921. The summed E-state index contributed by atoms with van der Waals surface area (Å²) in [4.78, 5) is 28.7. The van der Waals surface area contributed by atoms with Gasteiger partial charge in [-0.25, -0.2) is 9.59 Å². The maximum atomic E-state index is 12.3. The van der Waals surface area contributed by atoms with Gasteiger partial charge in [-0.2, -0.15) is 9.89 Å². The van der Waals surface area contributed by atoms with Crippen LogP contribution in [0.4, 0.5) is 9.59 Å². The monoisotopic (exact) mass is 325 g/mol. The molecule has 0 aliphatic heterocycles. The van der Waals surface area contributed by atoms with Crippen molar-refractivity contribution >= 4 is 18.1 Å². The van der Waals surface area contributed by atoms with Gasteiger partial charge in [-0.05, 0) is 47.6 Å². The minimum Gasteiger partial charge on any atom is -0.442 e. The molecule has 0 fully saturated rings. The van der Waals surface area contributed by atoms with Gasteiger partial charge in [0.2, 0.25) is 5.96 Å². The van der Waals surface area contributed by atoms with Crippen molar-refractivity contribution in [3.63, 3.8) is 0 Å². The van der Waals surface area contributed by atoms with Gasteiger partial charge in [0.15, 0.2) is 0 Å². The third kappa shape index (κ3) is 6.37. The van der Waals surface area contributed by atoms with Gasteiger partial charge in [0, 0.05) is 6.20 Å². The minimum absolute atomic E-state index is 0.419. The molecule has 0 aliphatic carbocycles. The van der Waals surface area contributed by atoms with Crippen molar-refractivity contribution in [3.8, 4) is 0 Å². The van der Waals surface area contributed by atoms with Crippen molar-refractivity contribution in [3.05, 3.63) is 18.5 Å². The first-order valence-corrected chi connectivity index (χ1v) is 6.99. The number of nitrogens with two attached hydrogens (primary N) is 1. The van der Waals surface area contributed by atoms with Crippen molar-refractivity contribution < 1.29 is 19.1 Å². The lowest BCUT2D eigenvalue weighted by atomic mass is 10.2. The maximum Gasteiger partial charge on any atom is 0.438 e. The number of amides is 2. The average Bonchev–Trinajstić information content (AvgIpc) is 2.76. The number of carbonyl (C=O) groups excluding carboxylic acids is 2. The first kappa shape index (κ1) is 18.5. The van der Waals surface area contributed by atoms with E-state index in [2.05, 4.69) is 10.1 Å². The maximum absolute atomic E-state index is 12.3. The summed E-state index contributed by atoms with van der Waals surface area (Å²) in [6.45, 7) is 10.2. The number of guanidine groups is 1. The summed E-state index contributed by atoms with van der Waals surface area (Å²) in [5, 5.41) is 4.73. The van der Waals surface area contributed by atoms with Crippen LogP contribution in [0.1, 0.15) is 41.5 Å². The van der Waals surface area contributed by atoms with Crippen LogP contribution in [0, 0.1) is 0 Å². The Morgan fingerprint density at radius 1 is 1.13 bits per heavy atom. The fourth-order valence-electron chi connectivity index (χ4n) is 1.39. The molecule has 23 heavy (non-hydrogen) atoms. The number of aromatic nitrogens is 2. The van der Waals surface area contributed by atoms with E-state index in [0.717, 1.165) is 9.80 Å². The first-order chi connectivity index (χ1) is 10.4. The molecule has 1 rings (SSSR count). The van der Waals surface area contributed by atoms with Gasteiger partial charge < -0.3 is 15.2 Å². The van der Waals surface area contributed by atoms with Crippen LogP contribution < -0.4 is 10.7 Å². The molecule has 2 amide bonds. The summed E-state index contributed by atoms with van der Waals surface area (Å²) >= 11 is 0. The van der Waals surface area contributed by atoms with Gasteiger partial charge >= 0.3 is 12.2 Å². The second-order valence-corrected chi connectivity index (χ2v) is 6.67.